The molecule has 0 amide bonds. The van der Waals surface area contributed by atoms with Crippen LogP contribution >= 0.6 is 34.8 Å². The van der Waals surface area contributed by atoms with E-state index in [2.05, 4.69) is 19.1 Å². The summed E-state index contributed by atoms with van der Waals surface area (Å²) in [6.45, 7) is 4.10. The minimum atomic E-state index is -0.0813. The van der Waals surface area contributed by atoms with E-state index in [0.717, 1.165) is 17.0 Å². The van der Waals surface area contributed by atoms with E-state index in [1.54, 1.807) is 0 Å². The molecular formula is C12H15Cl3. The zero-order valence-electron chi connectivity index (χ0n) is 8.99. The van der Waals surface area contributed by atoms with E-state index in [1.165, 1.54) is 5.56 Å². The number of aryl methyl sites for hydroxylation is 1. The molecular weight excluding hydrogens is 250 g/mol. The van der Waals surface area contributed by atoms with Crippen LogP contribution < -0.4 is 0 Å². The monoisotopic (exact) mass is 264 g/mol. The Morgan fingerprint density at radius 3 is 2.27 bits per heavy atom. The van der Waals surface area contributed by atoms with Crippen molar-refractivity contribution in [1.29, 1.82) is 0 Å². The Kier molecular flexibility index (Phi) is 4.76. The third-order valence-electron chi connectivity index (χ3n) is 2.47. The van der Waals surface area contributed by atoms with Gasteiger partial charge in [0.25, 0.3) is 0 Å². The first kappa shape index (κ1) is 13.2. The minimum Gasteiger partial charge on any atom is -0.126 e. The Balaban J connectivity index is 2.89. The topological polar surface area (TPSA) is 0 Å². The molecule has 0 nitrogen and oxygen atoms in total. The molecule has 0 fully saturated rings. The molecule has 84 valence electrons. The Morgan fingerprint density at radius 2 is 1.80 bits per heavy atom. The molecule has 0 saturated carbocycles. The van der Waals surface area contributed by atoms with Crippen LogP contribution in [0.4, 0.5) is 0 Å². The Morgan fingerprint density at radius 1 is 1.20 bits per heavy atom. The van der Waals surface area contributed by atoms with Crippen LogP contribution in [-0.2, 0) is 6.42 Å². The van der Waals surface area contributed by atoms with Crippen molar-refractivity contribution in [1.82, 2.24) is 0 Å². The summed E-state index contributed by atoms with van der Waals surface area (Å²) in [4.78, 5) is 0. The predicted molar refractivity (Wildman–Crippen MR) is 69.4 cm³/mol. The highest BCUT2D eigenvalue weighted by Crippen LogP contribution is 2.29. The number of benzene rings is 1. The maximum atomic E-state index is 6.16. The van der Waals surface area contributed by atoms with Crippen LogP contribution in [0.25, 0.3) is 0 Å². The standard InChI is InChI=1S/C12H15Cl3/c1-9-3-4-10(11(15)5-9)6-12(2,7-13)8-14/h3-5H,6-8H2,1-2H3. The van der Waals surface area contributed by atoms with Gasteiger partial charge in [0.2, 0.25) is 0 Å². The second kappa shape index (κ2) is 5.43. The molecule has 0 saturated heterocycles. The third-order valence-corrected chi connectivity index (χ3v) is 4.11. The quantitative estimate of drug-likeness (QED) is 0.694. The van der Waals surface area contributed by atoms with E-state index in [4.69, 9.17) is 34.8 Å². The SMILES string of the molecule is Cc1ccc(CC(C)(CCl)CCl)c(Cl)c1. The van der Waals surface area contributed by atoms with Crippen molar-refractivity contribution >= 4 is 34.8 Å². The average Bonchev–Trinajstić information content (AvgIpc) is 2.22. The molecule has 15 heavy (non-hydrogen) atoms. The maximum absolute atomic E-state index is 6.16. The summed E-state index contributed by atoms with van der Waals surface area (Å²) in [5.74, 6) is 1.08. The summed E-state index contributed by atoms with van der Waals surface area (Å²) in [5.41, 5.74) is 2.20. The van der Waals surface area contributed by atoms with Crippen molar-refractivity contribution in [3.63, 3.8) is 0 Å². The van der Waals surface area contributed by atoms with Gasteiger partial charge in [0.05, 0.1) is 0 Å². The number of halogens is 3. The normalized spacial score (nSPS) is 11.8. The van der Waals surface area contributed by atoms with Gasteiger partial charge in [-0.25, -0.2) is 0 Å². The van der Waals surface area contributed by atoms with E-state index in [0.29, 0.717) is 11.8 Å². The molecule has 0 heterocycles. The fourth-order valence-electron chi connectivity index (χ4n) is 1.39. The molecule has 1 rings (SSSR count). The lowest BCUT2D eigenvalue weighted by Crippen LogP contribution is -2.23. The summed E-state index contributed by atoms with van der Waals surface area (Å²) in [5, 5.41) is 0.802. The molecule has 0 aliphatic heterocycles. The van der Waals surface area contributed by atoms with Gasteiger partial charge in [-0.2, -0.15) is 0 Å². The van der Waals surface area contributed by atoms with Gasteiger partial charge in [0.1, 0.15) is 0 Å². The summed E-state index contributed by atoms with van der Waals surface area (Å²) < 4.78 is 0. The smallest absolute Gasteiger partial charge is 0.0440 e. The lowest BCUT2D eigenvalue weighted by Gasteiger charge is -2.24. The zero-order chi connectivity index (χ0) is 11.5. The van der Waals surface area contributed by atoms with Crippen molar-refractivity contribution in [3.05, 3.63) is 34.3 Å². The van der Waals surface area contributed by atoms with Crippen LogP contribution in [0.5, 0.6) is 0 Å². The highest BCUT2D eigenvalue weighted by Gasteiger charge is 2.23. The number of alkyl halides is 2. The first-order chi connectivity index (χ1) is 7.00. The molecule has 3 heteroatoms. The first-order valence-corrected chi connectivity index (χ1v) is 6.32. The molecule has 1 aromatic carbocycles. The lowest BCUT2D eigenvalue weighted by atomic mass is 9.87. The number of hydrogen-bond donors (Lipinski definition) is 0. The molecule has 0 spiro atoms. The summed E-state index contributed by atoms with van der Waals surface area (Å²) >= 11 is 18.0. The summed E-state index contributed by atoms with van der Waals surface area (Å²) in [7, 11) is 0. The van der Waals surface area contributed by atoms with Crippen LogP contribution in [0.3, 0.4) is 0 Å². The Labute approximate surface area is 107 Å². The van der Waals surface area contributed by atoms with Crippen molar-refractivity contribution < 1.29 is 0 Å². The molecule has 0 aliphatic carbocycles. The summed E-state index contributed by atoms with van der Waals surface area (Å²) in [6, 6.07) is 6.08. The maximum Gasteiger partial charge on any atom is 0.0440 e. The average molecular weight is 266 g/mol. The van der Waals surface area contributed by atoms with Gasteiger partial charge in [-0.1, -0.05) is 30.7 Å². The fraction of sp³-hybridized carbons (Fsp3) is 0.500. The Bertz CT molecular complexity index is 330. The number of rotatable bonds is 4. The Hall–Kier alpha value is 0.0900. The van der Waals surface area contributed by atoms with Gasteiger partial charge in [-0.15, -0.1) is 23.2 Å². The molecule has 0 aliphatic rings. The lowest BCUT2D eigenvalue weighted by molar-refractivity contribution is 0.425. The fourth-order valence-corrected chi connectivity index (χ4v) is 2.16. The predicted octanol–water partition coefficient (Wildman–Crippen LogP) is 4.67. The highest BCUT2D eigenvalue weighted by atomic mass is 35.5. The van der Waals surface area contributed by atoms with Gasteiger partial charge in [0.15, 0.2) is 0 Å². The van der Waals surface area contributed by atoms with Crippen LogP contribution in [0.1, 0.15) is 18.1 Å². The second-order valence-corrected chi connectivity index (χ2v) is 5.29. The van der Waals surface area contributed by atoms with Crippen LogP contribution in [-0.4, -0.2) is 11.8 Å². The first-order valence-electron chi connectivity index (χ1n) is 4.88. The molecule has 1 aromatic rings. The van der Waals surface area contributed by atoms with Gasteiger partial charge in [-0.3, -0.25) is 0 Å². The summed E-state index contributed by atoms with van der Waals surface area (Å²) in [6.07, 6.45) is 0.819. The highest BCUT2D eigenvalue weighted by molar-refractivity contribution is 6.31. The van der Waals surface area contributed by atoms with E-state index >= 15 is 0 Å². The van der Waals surface area contributed by atoms with Gasteiger partial charge < -0.3 is 0 Å². The molecule has 0 unspecified atom stereocenters. The van der Waals surface area contributed by atoms with E-state index < -0.39 is 0 Å². The largest absolute Gasteiger partial charge is 0.126 e. The molecule has 0 aromatic heterocycles. The van der Waals surface area contributed by atoms with Crippen LogP contribution in [0.15, 0.2) is 18.2 Å². The van der Waals surface area contributed by atoms with Crippen LogP contribution in [0.2, 0.25) is 5.02 Å². The van der Waals surface area contributed by atoms with Crippen molar-refractivity contribution in [2.24, 2.45) is 5.41 Å². The van der Waals surface area contributed by atoms with Gasteiger partial charge in [0, 0.05) is 16.8 Å². The molecule has 0 atom stereocenters. The van der Waals surface area contributed by atoms with E-state index in [9.17, 15) is 0 Å². The zero-order valence-corrected chi connectivity index (χ0v) is 11.3. The molecule has 0 bridgehead atoms. The van der Waals surface area contributed by atoms with E-state index in [1.807, 2.05) is 13.0 Å². The third kappa shape index (κ3) is 3.55. The molecule has 0 N–H and O–H groups in total. The van der Waals surface area contributed by atoms with Gasteiger partial charge >= 0.3 is 0 Å². The van der Waals surface area contributed by atoms with Crippen molar-refractivity contribution in [2.75, 3.05) is 11.8 Å². The van der Waals surface area contributed by atoms with Crippen molar-refractivity contribution in [3.8, 4) is 0 Å². The van der Waals surface area contributed by atoms with Crippen LogP contribution in [0, 0.1) is 12.3 Å². The minimum absolute atomic E-state index is 0.0813. The molecule has 0 radical (unpaired) electrons. The number of hydrogen-bond acceptors (Lipinski definition) is 0. The van der Waals surface area contributed by atoms with Gasteiger partial charge in [-0.05, 0) is 36.0 Å². The van der Waals surface area contributed by atoms with E-state index in [-0.39, 0.29) is 5.41 Å². The second-order valence-electron chi connectivity index (χ2n) is 4.35. The van der Waals surface area contributed by atoms with Crippen molar-refractivity contribution in [2.45, 2.75) is 20.3 Å².